The van der Waals surface area contributed by atoms with Crippen molar-refractivity contribution in [3.8, 4) is 11.5 Å². The van der Waals surface area contributed by atoms with Crippen molar-refractivity contribution >= 4 is 23.5 Å². The molecule has 2 aromatic carbocycles. The summed E-state index contributed by atoms with van der Waals surface area (Å²) in [5, 5.41) is 17.3. The maximum atomic E-state index is 10.1. The number of rotatable bonds is 4. The van der Waals surface area contributed by atoms with E-state index in [0.717, 1.165) is 31.2 Å². The number of methoxy groups -OCH3 is 1. The molecule has 0 atom stereocenters. The lowest BCUT2D eigenvalue weighted by molar-refractivity contribution is 0.272. The molecule has 5 nitrogen and oxygen atoms in total. The smallest absolute Gasteiger partial charge is 0.166 e. The van der Waals surface area contributed by atoms with E-state index in [4.69, 9.17) is 16.3 Å². The molecule has 0 radical (unpaired) electrons. The van der Waals surface area contributed by atoms with E-state index in [-0.39, 0.29) is 5.75 Å². The molecule has 2 aromatic rings. The minimum Gasteiger partial charge on any atom is -0.504 e. The maximum Gasteiger partial charge on any atom is 0.166 e. The van der Waals surface area contributed by atoms with Crippen LogP contribution in [0.2, 0.25) is 5.02 Å². The van der Waals surface area contributed by atoms with Crippen LogP contribution in [0.5, 0.6) is 11.5 Å². The first-order valence-electron chi connectivity index (χ1n) is 7.83. The monoisotopic (exact) mass is 345 g/mol. The molecule has 1 saturated heterocycles. The molecule has 1 fully saturated rings. The number of anilines is 1. The number of ether oxygens (including phenoxy) is 1. The fraction of sp³-hybridized carbons (Fsp3) is 0.278. The van der Waals surface area contributed by atoms with Crippen molar-refractivity contribution in [1.82, 2.24) is 5.01 Å². The van der Waals surface area contributed by atoms with Gasteiger partial charge in [-0.2, -0.15) is 5.10 Å². The van der Waals surface area contributed by atoms with E-state index in [1.54, 1.807) is 12.3 Å². The summed E-state index contributed by atoms with van der Waals surface area (Å²) in [6, 6.07) is 13.3. The van der Waals surface area contributed by atoms with E-state index < -0.39 is 0 Å². The van der Waals surface area contributed by atoms with Crippen LogP contribution in [0.3, 0.4) is 0 Å². The van der Waals surface area contributed by atoms with Crippen LogP contribution in [0.4, 0.5) is 5.69 Å². The molecule has 24 heavy (non-hydrogen) atoms. The van der Waals surface area contributed by atoms with Gasteiger partial charge in [0.15, 0.2) is 11.5 Å². The molecule has 1 aliphatic rings. The Morgan fingerprint density at radius 3 is 2.46 bits per heavy atom. The fourth-order valence-corrected chi connectivity index (χ4v) is 2.80. The highest BCUT2D eigenvalue weighted by atomic mass is 35.5. The van der Waals surface area contributed by atoms with Crippen LogP contribution in [0.15, 0.2) is 47.6 Å². The van der Waals surface area contributed by atoms with Crippen LogP contribution in [0, 0.1) is 0 Å². The zero-order valence-corrected chi connectivity index (χ0v) is 14.3. The van der Waals surface area contributed by atoms with E-state index in [9.17, 15) is 5.11 Å². The van der Waals surface area contributed by atoms with Crippen molar-refractivity contribution in [2.24, 2.45) is 5.10 Å². The van der Waals surface area contributed by atoms with E-state index in [2.05, 4.69) is 10.0 Å². The number of hydrogen-bond acceptors (Lipinski definition) is 5. The van der Waals surface area contributed by atoms with Gasteiger partial charge < -0.3 is 14.7 Å². The van der Waals surface area contributed by atoms with Gasteiger partial charge in [0, 0.05) is 29.4 Å². The first-order valence-corrected chi connectivity index (χ1v) is 8.20. The first-order chi connectivity index (χ1) is 11.7. The summed E-state index contributed by atoms with van der Waals surface area (Å²) in [6.45, 7) is 3.43. The number of aromatic hydroxyl groups is 1. The molecule has 0 aromatic heterocycles. The molecule has 0 bridgehead atoms. The number of hydrogen-bond donors (Lipinski definition) is 1. The lowest BCUT2D eigenvalue weighted by atomic mass is 10.2. The van der Waals surface area contributed by atoms with Gasteiger partial charge in [0.05, 0.1) is 26.4 Å². The molecular formula is C18H20ClN3O2. The number of benzene rings is 2. The van der Waals surface area contributed by atoms with Crippen molar-refractivity contribution in [3.63, 3.8) is 0 Å². The average molecular weight is 346 g/mol. The zero-order chi connectivity index (χ0) is 16.9. The van der Waals surface area contributed by atoms with Crippen LogP contribution in [-0.4, -0.2) is 49.6 Å². The summed E-state index contributed by atoms with van der Waals surface area (Å²) in [5.74, 6) is 0.565. The third kappa shape index (κ3) is 3.74. The minimum atomic E-state index is 0.114. The Bertz CT molecular complexity index is 711. The summed E-state index contributed by atoms with van der Waals surface area (Å²) >= 11 is 5.93. The minimum absolute atomic E-state index is 0.114. The predicted octanol–water partition coefficient (Wildman–Crippen LogP) is 3.21. The van der Waals surface area contributed by atoms with Gasteiger partial charge in [-0.3, -0.25) is 5.01 Å². The molecular weight excluding hydrogens is 326 g/mol. The zero-order valence-electron chi connectivity index (χ0n) is 13.5. The first kappa shape index (κ1) is 16.5. The summed E-state index contributed by atoms with van der Waals surface area (Å²) in [7, 11) is 1.53. The number of nitrogens with zero attached hydrogens (tertiary/aromatic N) is 3. The van der Waals surface area contributed by atoms with E-state index in [0.29, 0.717) is 11.3 Å². The van der Waals surface area contributed by atoms with Crippen molar-refractivity contribution in [2.45, 2.75) is 0 Å². The highest BCUT2D eigenvalue weighted by Crippen LogP contribution is 2.28. The molecule has 126 valence electrons. The largest absolute Gasteiger partial charge is 0.504 e. The highest BCUT2D eigenvalue weighted by molar-refractivity contribution is 6.30. The fourth-order valence-electron chi connectivity index (χ4n) is 2.67. The normalized spacial score (nSPS) is 15.1. The molecule has 1 N–H and O–H groups in total. The van der Waals surface area contributed by atoms with Gasteiger partial charge in [-0.25, -0.2) is 0 Å². The summed E-state index contributed by atoms with van der Waals surface area (Å²) in [6.07, 6.45) is 1.68. The third-order valence-corrected chi connectivity index (χ3v) is 4.31. The molecule has 6 heteroatoms. The molecule has 1 aliphatic heterocycles. The molecule has 0 spiro atoms. The second kappa shape index (κ2) is 7.45. The van der Waals surface area contributed by atoms with Gasteiger partial charge in [0.25, 0.3) is 0 Å². The van der Waals surface area contributed by atoms with Gasteiger partial charge in [-0.05, 0) is 36.4 Å². The molecule has 0 aliphatic carbocycles. The molecule has 0 saturated carbocycles. The van der Waals surface area contributed by atoms with Crippen LogP contribution in [0.1, 0.15) is 5.56 Å². The summed E-state index contributed by atoms with van der Waals surface area (Å²) in [5.41, 5.74) is 1.82. The number of piperazine rings is 1. The van der Waals surface area contributed by atoms with Crippen LogP contribution in [-0.2, 0) is 0 Å². The lowest BCUT2D eigenvalue weighted by Gasteiger charge is -2.34. The second-order valence-corrected chi connectivity index (χ2v) is 6.00. The Kier molecular flexibility index (Phi) is 5.11. The van der Waals surface area contributed by atoms with Crippen LogP contribution >= 0.6 is 11.6 Å². The predicted molar refractivity (Wildman–Crippen MR) is 97.5 cm³/mol. The van der Waals surface area contributed by atoms with Crippen molar-refractivity contribution in [2.75, 3.05) is 38.2 Å². The van der Waals surface area contributed by atoms with E-state index in [1.807, 2.05) is 41.4 Å². The standard InChI is InChI=1S/C18H20ClN3O2/c1-24-17-4-2-3-14(18(17)23)13-20-22-11-9-21(10-12-22)16-7-5-15(19)6-8-16/h2-8,13,23H,9-12H2,1H3. The van der Waals surface area contributed by atoms with Crippen molar-refractivity contribution in [3.05, 3.63) is 53.1 Å². The number of phenols is 1. The van der Waals surface area contributed by atoms with Crippen LogP contribution in [0.25, 0.3) is 0 Å². The molecule has 0 unspecified atom stereocenters. The molecule has 0 amide bonds. The lowest BCUT2D eigenvalue weighted by Crippen LogP contribution is -2.44. The topological polar surface area (TPSA) is 48.3 Å². The Hall–Kier alpha value is -2.40. The second-order valence-electron chi connectivity index (χ2n) is 5.56. The number of phenolic OH excluding ortho intramolecular Hbond substituents is 1. The molecule has 1 heterocycles. The van der Waals surface area contributed by atoms with Gasteiger partial charge in [-0.15, -0.1) is 0 Å². The summed E-state index contributed by atoms with van der Waals surface area (Å²) in [4.78, 5) is 2.31. The van der Waals surface area contributed by atoms with E-state index in [1.165, 1.54) is 12.8 Å². The van der Waals surface area contributed by atoms with Gasteiger partial charge in [0.2, 0.25) is 0 Å². The number of hydrazone groups is 1. The Labute approximate surface area is 146 Å². The highest BCUT2D eigenvalue weighted by Gasteiger charge is 2.15. The van der Waals surface area contributed by atoms with Gasteiger partial charge in [0.1, 0.15) is 0 Å². The SMILES string of the molecule is COc1cccc(C=NN2CCN(c3ccc(Cl)cc3)CC2)c1O. The summed E-state index contributed by atoms with van der Waals surface area (Å²) < 4.78 is 5.11. The maximum absolute atomic E-state index is 10.1. The Balaban J connectivity index is 1.60. The van der Waals surface area contributed by atoms with Gasteiger partial charge in [-0.1, -0.05) is 17.7 Å². The number of para-hydroxylation sites is 1. The average Bonchev–Trinajstić information content (AvgIpc) is 2.62. The number of halogens is 1. The molecule has 3 rings (SSSR count). The quantitative estimate of drug-likeness (QED) is 0.864. The third-order valence-electron chi connectivity index (χ3n) is 4.06. The van der Waals surface area contributed by atoms with E-state index >= 15 is 0 Å². The van der Waals surface area contributed by atoms with Crippen molar-refractivity contribution in [1.29, 1.82) is 0 Å². The van der Waals surface area contributed by atoms with Crippen LogP contribution < -0.4 is 9.64 Å². The van der Waals surface area contributed by atoms with Crippen molar-refractivity contribution < 1.29 is 9.84 Å². The Morgan fingerprint density at radius 2 is 1.79 bits per heavy atom. The Morgan fingerprint density at radius 1 is 1.08 bits per heavy atom. The van der Waals surface area contributed by atoms with Gasteiger partial charge >= 0.3 is 0 Å².